The van der Waals surface area contributed by atoms with Crippen LogP contribution in [0, 0.1) is 0 Å². The molecule has 0 saturated carbocycles. The third-order valence-corrected chi connectivity index (χ3v) is 19.8. The van der Waals surface area contributed by atoms with E-state index in [0.29, 0.717) is 0 Å². The monoisotopic (exact) mass is 437 g/mol. The minimum atomic E-state index is -2.52. The summed E-state index contributed by atoms with van der Waals surface area (Å²) in [4.78, 5) is 0. The van der Waals surface area contributed by atoms with Crippen LogP contribution in [0.15, 0.2) is 28.9 Å². The summed E-state index contributed by atoms with van der Waals surface area (Å²) in [5, 5.41) is 12.5. The molecule has 0 aromatic carbocycles. The van der Waals surface area contributed by atoms with Crippen LogP contribution in [0.1, 0.15) is 59.3 Å². The first-order chi connectivity index (χ1) is 11.8. The first-order valence-electron chi connectivity index (χ1n) is 9.51. The third-order valence-electron chi connectivity index (χ3n) is 4.89. The molecule has 2 aromatic rings. The molecule has 5 heteroatoms. The average Bonchev–Trinajstić information content (AvgIpc) is 3.13. The van der Waals surface area contributed by atoms with Gasteiger partial charge in [-0.2, -0.15) is 0 Å². The molecule has 0 aliphatic rings. The number of hydrogen-bond acceptors (Lipinski definition) is 4. The van der Waals surface area contributed by atoms with Crippen LogP contribution in [-0.2, 0) is 0 Å². The van der Waals surface area contributed by atoms with Crippen LogP contribution in [0.3, 0.4) is 0 Å². The summed E-state index contributed by atoms with van der Waals surface area (Å²) in [6, 6.07) is 6.05. The molecule has 0 saturated heterocycles. The Hall–Kier alpha value is -0.911. The van der Waals surface area contributed by atoms with Crippen LogP contribution < -0.4 is 3.78 Å². The number of unbranched alkanes of at least 4 members (excludes halogenated alkanes) is 3. The molecule has 0 atom stereocenters. The number of rotatable bonds is 11. The van der Waals surface area contributed by atoms with E-state index < -0.39 is 18.4 Å². The fourth-order valence-corrected chi connectivity index (χ4v) is 18.4. The summed E-state index contributed by atoms with van der Waals surface area (Å²) < 4.78 is 11.4. The average molecular weight is 436 g/mol. The van der Waals surface area contributed by atoms with Gasteiger partial charge in [0, 0.05) is 0 Å². The number of aromatic nitrogens is 3. The van der Waals surface area contributed by atoms with Gasteiger partial charge in [-0.1, -0.05) is 0 Å². The van der Waals surface area contributed by atoms with Gasteiger partial charge < -0.3 is 0 Å². The normalized spacial score (nSPS) is 11.8. The molecule has 2 aromatic heterocycles. The molecule has 0 bridgehead atoms. The quantitative estimate of drug-likeness (QED) is 0.456. The molecule has 0 aliphatic heterocycles. The van der Waals surface area contributed by atoms with Gasteiger partial charge in [-0.05, 0) is 0 Å². The van der Waals surface area contributed by atoms with Crippen molar-refractivity contribution in [1.29, 1.82) is 0 Å². The Balaban J connectivity index is 2.31. The van der Waals surface area contributed by atoms with Crippen LogP contribution >= 0.6 is 0 Å². The van der Waals surface area contributed by atoms with Crippen LogP contribution in [0.5, 0.6) is 0 Å². The fourth-order valence-electron chi connectivity index (χ4n) is 3.37. The molecule has 24 heavy (non-hydrogen) atoms. The van der Waals surface area contributed by atoms with Crippen molar-refractivity contribution in [3.63, 3.8) is 0 Å². The van der Waals surface area contributed by atoms with Crippen LogP contribution in [0.25, 0.3) is 11.4 Å². The summed E-state index contributed by atoms with van der Waals surface area (Å²) >= 11 is -2.52. The zero-order chi connectivity index (χ0) is 17.3. The first kappa shape index (κ1) is 19.4. The Morgan fingerprint density at radius 2 is 1.54 bits per heavy atom. The summed E-state index contributed by atoms with van der Waals surface area (Å²) in [5.74, 6) is 0. The summed E-state index contributed by atoms with van der Waals surface area (Å²) in [6.07, 6.45) is 9.46. The number of hydrogen-bond donors (Lipinski definition) is 0. The van der Waals surface area contributed by atoms with Gasteiger partial charge >= 0.3 is 150 Å². The maximum absolute atomic E-state index is 5.95. The maximum atomic E-state index is 5.95. The summed E-state index contributed by atoms with van der Waals surface area (Å²) in [7, 11) is 0. The van der Waals surface area contributed by atoms with E-state index in [0.717, 1.165) is 11.4 Å². The van der Waals surface area contributed by atoms with E-state index in [-0.39, 0.29) is 0 Å². The Kier molecular flexibility index (Phi) is 8.22. The second-order valence-corrected chi connectivity index (χ2v) is 19.8. The molecule has 0 radical (unpaired) electrons. The molecule has 0 N–H and O–H groups in total. The van der Waals surface area contributed by atoms with Crippen molar-refractivity contribution in [2.45, 2.75) is 72.6 Å². The predicted octanol–water partition coefficient (Wildman–Crippen LogP) is 5.19. The van der Waals surface area contributed by atoms with Gasteiger partial charge in [0.15, 0.2) is 0 Å². The molecular weight excluding hydrogens is 405 g/mol. The molecule has 0 amide bonds. The van der Waals surface area contributed by atoms with E-state index in [1.54, 1.807) is 6.20 Å². The topological polar surface area (TPSA) is 51.8 Å². The number of nitrogens with zero attached hydrogens (tertiary/aromatic N) is 3. The van der Waals surface area contributed by atoms with E-state index in [9.17, 15) is 0 Å². The van der Waals surface area contributed by atoms with E-state index in [1.807, 2.05) is 12.1 Å². The van der Waals surface area contributed by atoms with E-state index in [2.05, 4.69) is 42.2 Å². The van der Waals surface area contributed by atoms with Gasteiger partial charge in [0.05, 0.1) is 0 Å². The fraction of sp³-hybridized carbons (Fsp3) is 0.632. The summed E-state index contributed by atoms with van der Waals surface area (Å²) in [6.45, 7) is 6.88. The van der Waals surface area contributed by atoms with Crippen molar-refractivity contribution in [2.75, 3.05) is 0 Å². The van der Waals surface area contributed by atoms with Gasteiger partial charge in [-0.15, -0.1) is 0 Å². The Morgan fingerprint density at radius 1 is 0.917 bits per heavy atom. The first-order valence-corrected chi connectivity index (χ1v) is 17.0. The van der Waals surface area contributed by atoms with Crippen molar-refractivity contribution in [3.8, 4) is 11.4 Å². The Bertz CT molecular complexity index is 564. The standard InChI is InChI=1S/C7H4N3O.3C4H9.Sn/c1-2-6(9-8-4-1)7-3-5-11-10-7;3*1-3-4-2;/h1-4H;3*1,3-4H2,2H3;. The molecule has 132 valence electrons. The molecule has 2 rings (SSSR count). The van der Waals surface area contributed by atoms with Crippen LogP contribution in [0.2, 0.25) is 13.3 Å². The van der Waals surface area contributed by atoms with Crippen molar-refractivity contribution >= 4 is 22.2 Å². The van der Waals surface area contributed by atoms with Gasteiger partial charge in [0.1, 0.15) is 0 Å². The van der Waals surface area contributed by atoms with E-state index >= 15 is 0 Å². The van der Waals surface area contributed by atoms with Gasteiger partial charge in [0.2, 0.25) is 0 Å². The molecule has 4 nitrogen and oxygen atoms in total. The second kappa shape index (κ2) is 10.2. The van der Waals surface area contributed by atoms with Crippen molar-refractivity contribution in [3.05, 3.63) is 24.4 Å². The Labute approximate surface area is 150 Å². The van der Waals surface area contributed by atoms with Crippen molar-refractivity contribution in [2.24, 2.45) is 0 Å². The van der Waals surface area contributed by atoms with E-state index in [1.165, 1.54) is 55.6 Å². The van der Waals surface area contributed by atoms with Gasteiger partial charge in [-0.25, -0.2) is 0 Å². The third kappa shape index (κ3) is 5.04. The van der Waals surface area contributed by atoms with Crippen molar-refractivity contribution < 1.29 is 4.52 Å². The molecule has 0 spiro atoms. The predicted molar refractivity (Wildman–Crippen MR) is 102 cm³/mol. The molecule has 0 aliphatic carbocycles. The van der Waals surface area contributed by atoms with Crippen LogP contribution in [0.4, 0.5) is 0 Å². The van der Waals surface area contributed by atoms with Crippen LogP contribution in [-0.4, -0.2) is 33.7 Å². The van der Waals surface area contributed by atoms with Crippen molar-refractivity contribution in [1.82, 2.24) is 15.4 Å². The molecular formula is C19H31N3OSn. The van der Waals surface area contributed by atoms with Gasteiger partial charge in [-0.3, -0.25) is 0 Å². The molecule has 0 fully saturated rings. The zero-order valence-corrected chi connectivity index (χ0v) is 18.3. The SMILES string of the molecule is CCC[CH2][Sn]([CH2]CCC)([CH2]CCC)[c]1cc(-c2cccnn2)no1. The van der Waals surface area contributed by atoms with Gasteiger partial charge in [0.25, 0.3) is 0 Å². The Morgan fingerprint density at radius 3 is 2.04 bits per heavy atom. The molecule has 2 heterocycles. The molecule has 0 unspecified atom stereocenters. The zero-order valence-electron chi connectivity index (χ0n) is 15.4. The summed E-state index contributed by atoms with van der Waals surface area (Å²) in [5.41, 5.74) is 1.66. The minimum absolute atomic E-state index is 0.814. The van der Waals surface area contributed by atoms with E-state index in [4.69, 9.17) is 4.52 Å². The second-order valence-electron chi connectivity index (χ2n) is 6.78.